The van der Waals surface area contributed by atoms with Crippen molar-refractivity contribution in [2.75, 3.05) is 39.4 Å². The van der Waals surface area contributed by atoms with Crippen molar-refractivity contribution in [3.8, 4) is 0 Å². The van der Waals surface area contributed by atoms with Crippen LogP contribution in [-0.4, -0.2) is 71.2 Å². The molecule has 2 saturated heterocycles. The molecule has 160 valence electrons. The lowest BCUT2D eigenvalue weighted by Crippen LogP contribution is -2.40. The van der Waals surface area contributed by atoms with E-state index in [0.717, 1.165) is 26.9 Å². The van der Waals surface area contributed by atoms with E-state index in [0.29, 0.717) is 39.4 Å². The zero-order valence-corrected chi connectivity index (χ0v) is 17.7. The first-order valence-electron chi connectivity index (χ1n) is 10.4. The van der Waals surface area contributed by atoms with Crippen LogP contribution in [-0.2, 0) is 4.74 Å². The van der Waals surface area contributed by atoms with Gasteiger partial charge in [-0.2, -0.15) is 5.10 Å². The van der Waals surface area contributed by atoms with Crippen LogP contribution in [0.1, 0.15) is 38.1 Å². The maximum absolute atomic E-state index is 13.4. The maximum Gasteiger partial charge on any atom is 0.274 e. The molecule has 0 saturated carbocycles. The van der Waals surface area contributed by atoms with Gasteiger partial charge < -0.3 is 14.5 Å². The number of nitrogens with zero attached hydrogens (tertiary/aromatic N) is 3. The molecule has 2 aliphatic heterocycles. The first kappa shape index (κ1) is 19.9. The number of carbonyl (C=O) groups excluding carboxylic acids is 2. The molecular formula is C22H22N4O4S. The lowest BCUT2D eigenvalue weighted by molar-refractivity contribution is 0.0305. The van der Waals surface area contributed by atoms with E-state index in [1.54, 1.807) is 4.90 Å². The van der Waals surface area contributed by atoms with Gasteiger partial charge in [-0.1, -0.05) is 18.2 Å². The minimum absolute atomic E-state index is 0.0478. The molecule has 5 rings (SSSR count). The predicted molar refractivity (Wildman–Crippen MR) is 117 cm³/mol. The third-order valence-corrected chi connectivity index (χ3v) is 7.08. The van der Waals surface area contributed by atoms with Gasteiger partial charge >= 0.3 is 0 Å². The summed E-state index contributed by atoms with van der Waals surface area (Å²) in [5, 5.41) is 7.27. The van der Waals surface area contributed by atoms with Crippen LogP contribution in [0.2, 0.25) is 0 Å². The molecule has 0 spiro atoms. The van der Waals surface area contributed by atoms with Gasteiger partial charge in [0.1, 0.15) is 5.69 Å². The molecule has 1 N–H and O–H groups in total. The van der Waals surface area contributed by atoms with Crippen LogP contribution in [0, 0.1) is 0 Å². The number of carbonyl (C=O) groups is 2. The summed E-state index contributed by atoms with van der Waals surface area (Å²) in [5.41, 5.74) is 0.925. The summed E-state index contributed by atoms with van der Waals surface area (Å²) in [6, 6.07) is 10.8. The monoisotopic (exact) mass is 438 g/mol. The zero-order chi connectivity index (χ0) is 21.4. The molecule has 4 heterocycles. The second-order valence-electron chi connectivity index (χ2n) is 7.79. The summed E-state index contributed by atoms with van der Waals surface area (Å²) in [5.74, 6) is -0.0891. The summed E-state index contributed by atoms with van der Waals surface area (Å²) in [6.07, 6.45) is 0.777. The Hall–Kier alpha value is -3.04. The normalized spacial score (nSPS) is 19.2. The molecule has 0 bridgehead atoms. The van der Waals surface area contributed by atoms with E-state index in [-0.39, 0.29) is 29.0 Å². The smallest absolute Gasteiger partial charge is 0.274 e. The molecule has 0 radical (unpaired) electrons. The average Bonchev–Trinajstić information content (AvgIpc) is 3.44. The van der Waals surface area contributed by atoms with Crippen molar-refractivity contribution in [3.63, 3.8) is 0 Å². The maximum atomic E-state index is 13.4. The first-order chi connectivity index (χ1) is 15.1. The lowest BCUT2D eigenvalue weighted by atomic mass is 9.94. The Bertz CT molecular complexity index is 1180. The van der Waals surface area contributed by atoms with Crippen LogP contribution in [0.5, 0.6) is 0 Å². The number of hydrogen-bond acceptors (Lipinski definition) is 6. The fraction of sp³-hybridized carbons (Fsp3) is 0.364. The van der Waals surface area contributed by atoms with Crippen molar-refractivity contribution in [2.45, 2.75) is 12.3 Å². The Morgan fingerprint density at radius 3 is 2.61 bits per heavy atom. The van der Waals surface area contributed by atoms with E-state index in [4.69, 9.17) is 4.74 Å². The van der Waals surface area contributed by atoms with Crippen molar-refractivity contribution in [1.29, 1.82) is 0 Å². The summed E-state index contributed by atoms with van der Waals surface area (Å²) >= 11 is 1.53. The Morgan fingerprint density at radius 1 is 1.03 bits per heavy atom. The van der Waals surface area contributed by atoms with Crippen molar-refractivity contribution in [2.24, 2.45) is 0 Å². The van der Waals surface area contributed by atoms with Crippen LogP contribution >= 0.6 is 11.3 Å². The van der Waals surface area contributed by atoms with E-state index in [2.05, 4.69) is 16.3 Å². The third kappa shape index (κ3) is 3.75. The molecule has 0 aliphatic carbocycles. The largest absolute Gasteiger partial charge is 0.378 e. The topological polar surface area (TPSA) is 95.6 Å². The number of likely N-dealkylation sites (tertiary alicyclic amines) is 1. The van der Waals surface area contributed by atoms with Gasteiger partial charge in [0, 0.05) is 42.9 Å². The molecule has 9 heteroatoms. The Morgan fingerprint density at radius 2 is 1.84 bits per heavy atom. The highest BCUT2D eigenvalue weighted by atomic mass is 32.1. The SMILES string of the molecule is O=C(c1ccc(=O)[nH]n1)N1CC[C@@H](c2c(C(=O)N3CCOCC3)sc3ccccc23)C1. The number of morpholine rings is 1. The zero-order valence-electron chi connectivity index (χ0n) is 16.9. The number of nitrogens with one attached hydrogen (secondary N) is 1. The minimum atomic E-state index is -0.341. The number of aromatic nitrogens is 2. The molecular weight excluding hydrogens is 416 g/mol. The fourth-order valence-electron chi connectivity index (χ4n) is 4.35. The van der Waals surface area contributed by atoms with E-state index in [1.807, 2.05) is 23.1 Å². The van der Waals surface area contributed by atoms with E-state index >= 15 is 0 Å². The summed E-state index contributed by atoms with van der Waals surface area (Å²) in [4.78, 5) is 41.9. The molecule has 1 aromatic carbocycles. The van der Waals surface area contributed by atoms with Crippen molar-refractivity contribution in [1.82, 2.24) is 20.0 Å². The predicted octanol–water partition coefficient (Wildman–Crippen LogP) is 2.09. The molecule has 31 heavy (non-hydrogen) atoms. The van der Waals surface area contributed by atoms with Gasteiger partial charge in [-0.25, -0.2) is 5.10 Å². The third-order valence-electron chi connectivity index (χ3n) is 5.91. The average molecular weight is 439 g/mol. The van der Waals surface area contributed by atoms with Crippen molar-refractivity contribution < 1.29 is 14.3 Å². The number of thiophene rings is 1. The molecule has 2 fully saturated rings. The molecule has 2 amide bonds. The second-order valence-corrected chi connectivity index (χ2v) is 8.84. The van der Waals surface area contributed by atoms with E-state index < -0.39 is 0 Å². The highest BCUT2D eigenvalue weighted by Crippen LogP contribution is 2.41. The Balaban J connectivity index is 1.45. The molecule has 2 aliphatic rings. The van der Waals surface area contributed by atoms with E-state index in [9.17, 15) is 14.4 Å². The van der Waals surface area contributed by atoms with Gasteiger partial charge in [-0.05, 0) is 29.5 Å². The summed E-state index contributed by atoms with van der Waals surface area (Å²) in [6.45, 7) is 3.41. The molecule has 0 unspecified atom stereocenters. The second kappa shape index (κ2) is 8.24. The van der Waals surface area contributed by atoms with Crippen LogP contribution < -0.4 is 5.56 Å². The number of amides is 2. The number of aromatic amines is 1. The van der Waals surface area contributed by atoms with Gasteiger partial charge in [0.05, 0.1) is 18.1 Å². The van der Waals surface area contributed by atoms with Gasteiger partial charge in [0.2, 0.25) is 0 Å². The number of rotatable bonds is 3. The van der Waals surface area contributed by atoms with Gasteiger partial charge in [0.25, 0.3) is 17.4 Å². The van der Waals surface area contributed by atoms with Gasteiger partial charge in [-0.3, -0.25) is 14.4 Å². The number of benzene rings is 1. The van der Waals surface area contributed by atoms with Crippen LogP contribution in [0.25, 0.3) is 10.1 Å². The van der Waals surface area contributed by atoms with Crippen LogP contribution in [0.3, 0.4) is 0 Å². The highest BCUT2D eigenvalue weighted by Gasteiger charge is 2.34. The van der Waals surface area contributed by atoms with Crippen LogP contribution in [0.4, 0.5) is 0 Å². The highest BCUT2D eigenvalue weighted by molar-refractivity contribution is 7.21. The lowest BCUT2D eigenvalue weighted by Gasteiger charge is -2.27. The summed E-state index contributed by atoms with van der Waals surface area (Å²) in [7, 11) is 0. The Kier molecular flexibility index (Phi) is 5.29. The number of ether oxygens (including phenoxy) is 1. The van der Waals surface area contributed by atoms with Crippen molar-refractivity contribution in [3.05, 3.63) is 62.9 Å². The summed E-state index contributed by atoms with van der Waals surface area (Å²) < 4.78 is 6.49. The standard InChI is InChI=1S/C22H22N4O4S/c27-18-6-5-16(23-24-18)21(28)26-8-7-14(13-26)19-15-3-1-2-4-17(15)31-20(19)22(29)25-9-11-30-12-10-25/h1-6,14H,7-13H2,(H,24,27)/t14-/m1/s1. The van der Waals surface area contributed by atoms with Crippen molar-refractivity contribution >= 4 is 33.2 Å². The number of hydrogen-bond donors (Lipinski definition) is 1. The molecule has 1 atom stereocenters. The first-order valence-corrected chi connectivity index (χ1v) is 11.2. The Labute approximate surface area is 182 Å². The van der Waals surface area contributed by atoms with Crippen LogP contribution in [0.15, 0.2) is 41.2 Å². The molecule has 3 aromatic rings. The van der Waals surface area contributed by atoms with E-state index in [1.165, 1.54) is 23.5 Å². The molecule has 2 aromatic heterocycles. The minimum Gasteiger partial charge on any atom is -0.378 e. The number of fused-ring (bicyclic) bond motifs is 1. The van der Waals surface area contributed by atoms with Gasteiger partial charge in [-0.15, -0.1) is 11.3 Å². The number of H-pyrrole nitrogens is 1. The fourth-order valence-corrected chi connectivity index (χ4v) is 5.60. The van der Waals surface area contributed by atoms with Gasteiger partial charge in [0.15, 0.2) is 0 Å². The quantitative estimate of drug-likeness (QED) is 0.676. The molecule has 8 nitrogen and oxygen atoms in total.